The first-order valence-corrected chi connectivity index (χ1v) is 39.4. The van der Waals surface area contributed by atoms with Gasteiger partial charge in [-0.15, -0.1) is 0 Å². The molecule has 530 valence electrons. The molecule has 5 atom stereocenters. The third-order valence-corrected chi connectivity index (χ3v) is 17.8. The topological polar surface area (TPSA) is 237 Å². The molecule has 0 aliphatic rings. The molecule has 0 saturated heterocycles. The second kappa shape index (κ2) is 63.9. The number of esters is 4. The molecule has 90 heavy (non-hydrogen) atoms. The van der Waals surface area contributed by atoms with Crippen LogP contribution in [0.3, 0.4) is 0 Å². The highest BCUT2D eigenvalue weighted by Crippen LogP contribution is 2.45. The second-order valence-corrected chi connectivity index (χ2v) is 28.3. The van der Waals surface area contributed by atoms with Crippen molar-refractivity contribution in [2.24, 2.45) is 5.92 Å². The van der Waals surface area contributed by atoms with Crippen molar-refractivity contribution in [2.75, 3.05) is 39.6 Å². The lowest BCUT2D eigenvalue weighted by molar-refractivity contribution is -0.161. The van der Waals surface area contributed by atoms with E-state index in [1.807, 2.05) is 0 Å². The molecule has 17 nitrogen and oxygen atoms in total. The summed E-state index contributed by atoms with van der Waals surface area (Å²) in [6, 6.07) is 0. The quantitative estimate of drug-likeness (QED) is 0.0169. The molecule has 2 unspecified atom stereocenters. The maximum Gasteiger partial charge on any atom is 0.472 e. The molecule has 0 spiro atoms. The highest BCUT2D eigenvalue weighted by atomic mass is 31.2. The molecule has 3 N–H and O–H groups in total. The van der Waals surface area contributed by atoms with Crippen molar-refractivity contribution in [1.29, 1.82) is 0 Å². The van der Waals surface area contributed by atoms with Crippen molar-refractivity contribution in [3.63, 3.8) is 0 Å². The lowest BCUT2D eigenvalue weighted by Gasteiger charge is -2.21. The van der Waals surface area contributed by atoms with Crippen molar-refractivity contribution >= 4 is 39.5 Å². The van der Waals surface area contributed by atoms with E-state index in [1.54, 1.807) is 0 Å². The number of carbonyl (C=O) groups excluding carboxylic acids is 4. The van der Waals surface area contributed by atoms with Gasteiger partial charge in [0.25, 0.3) is 0 Å². The summed E-state index contributed by atoms with van der Waals surface area (Å²) in [4.78, 5) is 72.4. The first-order valence-electron chi connectivity index (χ1n) is 36.5. The van der Waals surface area contributed by atoms with Gasteiger partial charge in [0.1, 0.15) is 19.3 Å². The largest absolute Gasteiger partial charge is 0.472 e. The van der Waals surface area contributed by atoms with Gasteiger partial charge in [0.2, 0.25) is 0 Å². The number of ether oxygens (including phenoxy) is 4. The van der Waals surface area contributed by atoms with Crippen LogP contribution in [-0.2, 0) is 65.4 Å². The van der Waals surface area contributed by atoms with E-state index in [0.717, 1.165) is 121 Å². The Morgan fingerprint density at radius 1 is 0.344 bits per heavy atom. The Kier molecular flexibility index (Phi) is 62.2. The summed E-state index contributed by atoms with van der Waals surface area (Å²) in [6.07, 6.45) is 53.5. The summed E-state index contributed by atoms with van der Waals surface area (Å²) >= 11 is 0. The average Bonchev–Trinajstić information content (AvgIpc) is 3.45. The number of phosphoric ester groups is 2. The zero-order valence-corrected chi connectivity index (χ0v) is 59.5. The fourth-order valence-corrected chi connectivity index (χ4v) is 11.9. The van der Waals surface area contributed by atoms with Gasteiger partial charge in [0.05, 0.1) is 26.4 Å². The Morgan fingerprint density at radius 2 is 0.600 bits per heavy atom. The Bertz CT molecular complexity index is 1830. The number of aliphatic hydroxyl groups is 1. The van der Waals surface area contributed by atoms with Gasteiger partial charge < -0.3 is 33.8 Å². The van der Waals surface area contributed by atoms with Gasteiger partial charge in [-0.2, -0.15) is 0 Å². The number of phosphoric acid groups is 2. The average molecular weight is 1320 g/mol. The molecule has 0 radical (unpaired) electrons. The Balaban J connectivity index is 5.25. The van der Waals surface area contributed by atoms with Crippen molar-refractivity contribution in [3.05, 3.63) is 24.3 Å². The van der Waals surface area contributed by atoms with E-state index in [1.165, 1.54) is 141 Å². The van der Waals surface area contributed by atoms with Crippen LogP contribution in [0.1, 0.15) is 343 Å². The summed E-state index contributed by atoms with van der Waals surface area (Å²) < 4.78 is 68.2. The van der Waals surface area contributed by atoms with Crippen molar-refractivity contribution in [1.82, 2.24) is 0 Å². The highest BCUT2D eigenvalue weighted by molar-refractivity contribution is 7.47. The molecule has 0 rings (SSSR count). The van der Waals surface area contributed by atoms with Gasteiger partial charge in [-0.1, -0.05) is 290 Å². The van der Waals surface area contributed by atoms with Crippen LogP contribution in [0.15, 0.2) is 24.3 Å². The summed E-state index contributed by atoms with van der Waals surface area (Å²) in [5, 5.41) is 10.6. The fraction of sp³-hybridized carbons (Fsp3) is 0.887. The van der Waals surface area contributed by atoms with Crippen LogP contribution in [0.5, 0.6) is 0 Å². The first kappa shape index (κ1) is 87.5. The second-order valence-electron chi connectivity index (χ2n) is 25.4. The van der Waals surface area contributed by atoms with E-state index in [9.17, 15) is 43.2 Å². The van der Waals surface area contributed by atoms with Gasteiger partial charge in [-0.3, -0.25) is 37.3 Å². The normalized spacial score (nSPS) is 14.2. The molecule has 0 saturated carbocycles. The van der Waals surface area contributed by atoms with Crippen LogP contribution in [0, 0.1) is 5.92 Å². The maximum atomic E-state index is 13.0. The predicted octanol–water partition coefficient (Wildman–Crippen LogP) is 20.1. The van der Waals surface area contributed by atoms with Crippen LogP contribution in [0.2, 0.25) is 0 Å². The van der Waals surface area contributed by atoms with Crippen molar-refractivity contribution < 1.29 is 80.2 Å². The third kappa shape index (κ3) is 64.3. The Morgan fingerprint density at radius 3 is 0.911 bits per heavy atom. The van der Waals surface area contributed by atoms with E-state index in [-0.39, 0.29) is 25.7 Å². The Hall–Kier alpha value is -2.46. The predicted molar refractivity (Wildman–Crippen MR) is 363 cm³/mol. The van der Waals surface area contributed by atoms with Crippen LogP contribution >= 0.6 is 15.6 Å². The van der Waals surface area contributed by atoms with E-state index in [2.05, 4.69) is 58.9 Å². The fourth-order valence-electron chi connectivity index (χ4n) is 10.3. The van der Waals surface area contributed by atoms with Gasteiger partial charge in [0, 0.05) is 25.7 Å². The summed E-state index contributed by atoms with van der Waals surface area (Å²) in [5.74, 6) is -1.38. The molecule has 0 heterocycles. The number of carbonyl (C=O) groups is 4. The summed E-state index contributed by atoms with van der Waals surface area (Å²) in [5.41, 5.74) is 0. The van der Waals surface area contributed by atoms with Gasteiger partial charge in [0.15, 0.2) is 12.2 Å². The summed E-state index contributed by atoms with van der Waals surface area (Å²) in [6.45, 7) is 7.16. The molecular weight excluding hydrogens is 1190 g/mol. The number of unbranched alkanes of at least 4 members (excludes halogenated alkanes) is 38. The molecule has 0 amide bonds. The van der Waals surface area contributed by atoms with Crippen LogP contribution in [-0.4, -0.2) is 96.7 Å². The van der Waals surface area contributed by atoms with Crippen molar-refractivity contribution in [3.8, 4) is 0 Å². The van der Waals surface area contributed by atoms with Crippen LogP contribution < -0.4 is 0 Å². The number of hydrogen-bond donors (Lipinski definition) is 3. The molecule has 0 aromatic heterocycles. The minimum absolute atomic E-state index is 0.0852. The lowest BCUT2D eigenvalue weighted by atomic mass is 10.0. The van der Waals surface area contributed by atoms with E-state index in [0.29, 0.717) is 25.7 Å². The smallest absolute Gasteiger partial charge is 0.462 e. The lowest BCUT2D eigenvalue weighted by Crippen LogP contribution is -2.30. The van der Waals surface area contributed by atoms with E-state index >= 15 is 0 Å². The molecule has 0 fully saturated rings. The molecule has 19 heteroatoms. The minimum Gasteiger partial charge on any atom is -0.462 e. The molecule has 0 aliphatic carbocycles. The van der Waals surface area contributed by atoms with Gasteiger partial charge in [-0.25, -0.2) is 9.13 Å². The molecule has 0 bridgehead atoms. The molecule has 0 aliphatic heterocycles. The number of allylic oxidation sites excluding steroid dienone is 4. The standard InChI is InChI=1S/C71H134O17P2/c1-6-9-12-15-18-20-22-24-25-27-33-37-42-47-52-57-71(76)88-67(61-82-69(74)55-50-45-40-35-31-29-28-30-34-39-43-48-53-64(4)5)63-86-90(79,80)84-59-65(72)58-83-89(77,78)85-62-66(60-81-68(73)54-49-44-38-17-14-11-8-3)87-70(75)56-51-46-41-36-32-26-23-21-19-16-13-10-7-2/h20,22,24-25,64-67,72H,6-19,21,23,26-63H2,1-5H3,(H,77,78)(H,79,80)/b22-20-,25-24-/t65-,66+,67+/m0/s1. The van der Waals surface area contributed by atoms with Gasteiger partial charge >= 0.3 is 39.5 Å². The van der Waals surface area contributed by atoms with Crippen molar-refractivity contribution in [2.45, 2.75) is 361 Å². The number of aliphatic hydroxyl groups excluding tert-OH is 1. The SMILES string of the molecule is CCCCCC/C=C\C=C/CCCCCCCC(=O)O[C@H](COC(=O)CCCCCCCCCCCCCCC(C)C)COP(=O)(O)OC[C@@H](O)COP(=O)(O)OC[C@@H](COC(=O)CCCCCCCCC)OC(=O)CCCCCCCCCCCCCCC. The number of rotatable bonds is 69. The molecule has 0 aromatic rings. The Labute approximate surface area is 548 Å². The summed E-state index contributed by atoms with van der Waals surface area (Å²) in [7, 11) is -9.91. The molecular formula is C71H134O17P2. The van der Waals surface area contributed by atoms with E-state index in [4.69, 9.17) is 37.0 Å². The van der Waals surface area contributed by atoms with E-state index < -0.39 is 97.5 Å². The zero-order chi connectivity index (χ0) is 66.3. The third-order valence-electron chi connectivity index (χ3n) is 15.9. The highest BCUT2D eigenvalue weighted by Gasteiger charge is 2.30. The minimum atomic E-state index is -4.96. The number of hydrogen-bond acceptors (Lipinski definition) is 15. The maximum absolute atomic E-state index is 13.0. The van der Waals surface area contributed by atoms with Crippen LogP contribution in [0.4, 0.5) is 0 Å². The monoisotopic (exact) mass is 1320 g/mol. The zero-order valence-electron chi connectivity index (χ0n) is 57.8. The van der Waals surface area contributed by atoms with Crippen LogP contribution in [0.25, 0.3) is 0 Å². The molecule has 0 aromatic carbocycles. The van der Waals surface area contributed by atoms with Gasteiger partial charge in [-0.05, 0) is 57.3 Å². The first-order chi connectivity index (χ1) is 43.5.